The minimum absolute atomic E-state index is 0.344. The highest BCUT2D eigenvalue weighted by Crippen LogP contribution is 2.21. The molecule has 0 aliphatic heterocycles. The SMILES string of the molecule is C(=N\OC1CCC1)/c1ncc[nH]1. The first-order valence-electron chi connectivity index (χ1n) is 4.14. The largest absolute Gasteiger partial charge is 0.392 e. The van der Waals surface area contributed by atoms with Crippen molar-refractivity contribution in [1.82, 2.24) is 9.97 Å². The van der Waals surface area contributed by atoms with Crippen molar-refractivity contribution in [3.63, 3.8) is 0 Å². The van der Waals surface area contributed by atoms with Crippen molar-refractivity contribution < 1.29 is 4.84 Å². The molecule has 1 aliphatic carbocycles. The van der Waals surface area contributed by atoms with Gasteiger partial charge in [0.25, 0.3) is 0 Å². The molecule has 1 heterocycles. The topological polar surface area (TPSA) is 50.3 Å². The van der Waals surface area contributed by atoms with E-state index in [2.05, 4.69) is 15.1 Å². The van der Waals surface area contributed by atoms with Gasteiger partial charge in [-0.3, -0.25) is 0 Å². The molecule has 4 heteroatoms. The second-order valence-corrected chi connectivity index (χ2v) is 2.87. The zero-order valence-electron chi connectivity index (χ0n) is 6.73. The number of nitrogens with one attached hydrogen (secondary N) is 1. The Hall–Kier alpha value is -1.32. The van der Waals surface area contributed by atoms with Crippen LogP contribution in [0.25, 0.3) is 0 Å². The lowest BCUT2D eigenvalue weighted by Crippen LogP contribution is -2.18. The van der Waals surface area contributed by atoms with Crippen LogP contribution < -0.4 is 0 Å². The van der Waals surface area contributed by atoms with Crippen molar-refractivity contribution >= 4 is 6.21 Å². The molecule has 12 heavy (non-hydrogen) atoms. The Kier molecular flexibility index (Phi) is 2.07. The van der Waals surface area contributed by atoms with Gasteiger partial charge in [0, 0.05) is 12.4 Å². The Morgan fingerprint density at radius 3 is 3.17 bits per heavy atom. The van der Waals surface area contributed by atoms with E-state index >= 15 is 0 Å². The molecule has 1 aromatic rings. The Morgan fingerprint density at radius 2 is 2.58 bits per heavy atom. The molecular formula is C8H11N3O. The summed E-state index contributed by atoms with van der Waals surface area (Å²) < 4.78 is 0. The highest BCUT2D eigenvalue weighted by Gasteiger charge is 2.18. The van der Waals surface area contributed by atoms with E-state index in [0.29, 0.717) is 6.10 Å². The van der Waals surface area contributed by atoms with Gasteiger partial charge in [0.1, 0.15) is 12.3 Å². The molecule has 0 aromatic carbocycles. The summed E-state index contributed by atoms with van der Waals surface area (Å²) in [6, 6.07) is 0. The minimum Gasteiger partial charge on any atom is -0.392 e. The highest BCUT2D eigenvalue weighted by molar-refractivity contribution is 5.73. The number of nitrogens with zero attached hydrogens (tertiary/aromatic N) is 2. The molecule has 1 N–H and O–H groups in total. The Labute approximate surface area is 70.6 Å². The fraction of sp³-hybridized carbons (Fsp3) is 0.500. The fourth-order valence-electron chi connectivity index (χ4n) is 0.991. The van der Waals surface area contributed by atoms with Crippen molar-refractivity contribution in [1.29, 1.82) is 0 Å². The lowest BCUT2D eigenvalue weighted by atomic mass is 9.97. The molecule has 1 saturated carbocycles. The van der Waals surface area contributed by atoms with E-state index in [-0.39, 0.29) is 0 Å². The molecule has 4 nitrogen and oxygen atoms in total. The van der Waals surface area contributed by atoms with E-state index in [9.17, 15) is 0 Å². The van der Waals surface area contributed by atoms with E-state index in [1.54, 1.807) is 18.6 Å². The molecule has 2 rings (SSSR count). The van der Waals surface area contributed by atoms with Crippen LogP contribution in [0.4, 0.5) is 0 Å². The first kappa shape index (κ1) is 7.34. The standard InChI is InChI=1S/C8H11N3O/c1-2-7(3-1)12-11-6-8-9-4-5-10-8/h4-7H,1-3H2,(H,9,10)/b11-6+. The summed E-state index contributed by atoms with van der Waals surface area (Å²) in [4.78, 5) is 12.0. The number of aromatic amines is 1. The predicted molar refractivity (Wildman–Crippen MR) is 44.9 cm³/mol. The average Bonchev–Trinajstić information content (AvgIpc) is 2.46. The molecule has 1 fully saturated rings. The Balaban J connectivity index is 1.78. The summed E-state index contributed by atoms with van der Waals surface area (Å²) in [6.07, 6.45) is 8.91. The number of aromatic nitrogens is 2. The smallest absolute Gasteiger partial charge is 0.151 e. The van der Waals surface area contributed by atoms with Gasteiger partial charge in [0.2, 0.25) is 0 Å². The number of H-pyrrole nitrogens is 1. The average molecular weight is 165 g/mol. The molecule has 0 radical (unpaired) electrons. The van der Waals surface area contributed by atoms with Crippen LogP contribution in [0.5, 0.6) is 0 Å². The van der Waals surface area contributed by atoms with Crippen molar-refractivity contribution in [3.05, 3.63) is 18.2 Å². The number of hydrogen-bond acceptors (Lipinski definition) is 3. The zero-order chi connectivity index (χ0) is 8.23. The van der Waals surface area contributed by atoms with Crippen molar-refractivity contribution in [3.8, 4) is 0 Å². The maximum Gasteiger partial charge on any atom is 0.151 e. The molecule has 0 atom stereocenters. The normalized spacial score (nSPS) is 18.0. The van der Waals surface area contributed by atoms with Gasteiger partial charge in [-0.05, 0) is 19.3 Å². The summed E-state index contributed by atoms with van der Waals surface area (Å²) in [5.41, 5.74) is 0. The van der Waals surface area contributed by atoms with Crippen LogP contribution in [-0.4, -0.2) is 22.3 Å². The number of imidazole rings is 1. The van der Waals surface area contributed by atoms with Gasteiger partial charge in [-0.15, -0.1) is 0 Å². The summed E-state index contributed by atoms with van der Waals surface area (Å²) in [5.74, 6) is 0.731. The van der Waals surface area contributed by atoms with Crippen LogP contribution in [0.15, 0.2) is 17.5 Å². The Morgan fingerprint density at radius 1 is 1.67 bits per heavy atom. The third kappa shape index (κ3) is 1.64. The van der Waals surface area contributed by atoms with E-state index in [4.69, 9.17) is 4.84 Å². The number of rotatable bonds is 3. The number of oxime groups is 1. The van der Waals surface area contributed by atoms with Gasteiger partial charge >= 0.3 is 0 Å². The van der Waals surface area contributed by atoms with Gasteiger partial charge < -0.3 is 9.82 Å². The molecular weight excluding hydrogens is 154 g/mol. The van der Waals surface area contributed by atoms with E-state index in [1.165, 1.54) is 6.42 Å². The molecule has 0 amide bonds. The first-order valence-corrected chi connectivity index (χ1v) is 4.14. The van der Waals surface area contributed by atoms with E-state index < -0.39 is 0 Å². The van der Waals surface area contributed by atoms with Gasteiger partial charge in [-0.25, -0.2) is 4.98 Å². The minimum atomic E-state index is 0.344. The van der Waals surface area contributed by atoms with Crippen LogP contribution in [0.1, 0.15) is 25.1 Å². The van der Waals surface area contributed by atoms with E-state index in [0.717, 1.165) is 18.7 Å². The van der Waals surface area contributed by atoms with Crippen LogP contribution in [0.3, 0.4) is 0 Å². The number of hydrogen-bond donors (Lipinski definition) is 1. The van der Waals surface area contributed by atoms with E-state index in [1.807, 2.05) is 0 Å². The van der Waals surface area contributed by atoms with Gasteiger partial charge in [-0.2, -0.15) is 0 Å². The molecule has 64 valence electrons. The molecule has 1 aromatic heterocycles. The van der Waals surface area contributed by atoms with Gasteiger partial charge in [-0.1, -0.05) is 5.16 Å². The van der Waals surface area contributed by atoms with Crippen molar-refractivity contribution in [2.45, 2.75) is 25.4 Å². The van der Waals surface area contributed by atoms with Crippen LogP contribution >= 0.6 is 0 Å². The summed E-state index contributed by atoms with van der Waals surface area (Å²) in [7, 11) is 0. The Bertz CT molecular complexity index is 251. The molecule has 0 bridgehead atoms. The maximum atomic E-state index is 5.16. The molecule has 0 saturated heterocycles. The summed E-state index contributed by atoms with van der Waals surface area (Å²) in [6.45, 7) is 0. The third-order valence-corrected chi connectivity index (χ3v) is 1.96. The zero-order valence-corrected chi connectivity index (χ0v) is 6.73. The monoisotopic (exact) mass is 165 g/mol. The van der Waals surface area contributed by atoms with Crippen molar-refractivity contribution in [2.24, 2.45) is 5.16 Å². The third-order valence-electron chi connectivity index (χ3n) is 1.96. The van der Waals surface area contributed by atoms with Crippen LogP contribution in [0, 0.1) is 0 Å². The van der Waals surface area contributed by atoms with Gasteiger partial charge in [0.05, 0.1) is 0 Å². The molecule has 1 aliphatic rings. The maximum absolute atomic E-state index is 5.16. The second-order valence-electron chi connectivity index (χ2n) is 2.87. The quantitative estimate of drug-likeness (QED) is 0.542. The lowest BCUT2D eigenvalue weighted by molar-refractivity contribution is 0.00694. The van der Waals surface area contributed by atoms with Gasteiger partial charge in [0.15, 0.2) is 5.82 Å². The summed E-state index contributed by atoms with van der Waals surface area (Å²) in [5, 5.41) is 3.82. The first-order chi connectivity index (χ1) is 5.95. The van der Waals surface area contributed by atoms with Crippen LogP contribution in [-0.2, 0) is 4.84 Å². The predicted octanol–water partition coefficient (Wildman–Crippen LogP) is 1.31. The fourth-order valence-corrected chi connectivity index (χ4v) is 0.991. The second kappa shape index (κ2) is 3.38. The summed E-state index contributed by atoms with van der Waals surface area (Å²) >= 11 is 0. The lowest BCUT2D eigenvalue weighted by Gasteiger charge is -2.22. The highest BCUT2D eigenvalue weighted by atomic mass is 16.6. The molecule has 0 spiro atoms. The van der Waals surface area contributed by atoms with Crippen molar-refractivity contribution in [2.75, 3.05) is 0 Å². The van der Waals surface area contributed by atoms with Crippen LogP contribution in [0.2, 0.25) is 0 Å². The molecule has 0 unspecified atom stereocenters.